The van der Waals surface area contributed by atoms with E-state index in [-0.39, 0.29) is 6.04 Å². The second-order valence-corrected chi connectivity index (χ2v) is 5.64. The fourth-order valence-electron chi connectivity index (χ4n) is 1.77. The van der Waals surface area contributed by atoms with Crippen molar-refractivity contribution in [1.29, 1.82) is 0 Å². The van der Waals surface area contributed by atoms with Crippen molar-refractivity contribution < 1.29 is 0 Å². The molecule has 0 fully saturated rings. The van der Waals surface area contributed by atoms with E-state index in [4.69, 9.17) is 17.3 Å². The van der Waals surface area contributed by atoms with Crippen LogP contribution in [0.4, 0.5) is 0 Å². The lowest BCUT2D eigenvalue weighted by atomic mass is 10.1. The van der Waals surface area contributed by atoms with E-state index < -0.39 is 0 Å². The number of hydrogen-bond acceptors (Lipinski definition) is 3. The van der Waals surface area contributed by atoms with E-state index in [9.17, 15) is 0 Å². The number of thiazole rings is 1. The Bertz CT molecular complexity index is 520. The number of nitrogens with two attached hydrogens (primary N) is 1. The van der Waals surface area contributed by atoms with Gasteiger partial charge in [0, 0.05) is 22.4 Å². The van der Waals surface area contributed by atoms with Crippen LogP contribution in [0, 0.1) is 6.92 Å². The first-order chi connectivity index (χ1) is 8.08. The number of benzene rings is 1. The average Bonchev–Trinajstić information content (AvgIpc) is 2.63. The lowest BCUT2D eigenvalue weighted by molar-refractivity contribution is 0.825. The molecule has 0 aliphatic carbocycles. The molecule has 1 heterocycles. The van der Waals surface area contributed by atoms with Crippen LogP contribution in [0.25, 0.3) is 0 Å². The van der Waals surface area contributed by atoms with E-state index in [1.807, 2.05) is 38.1 Å². The molecule has 0 radical (unpaired) electrons. The van der Waals surface area contributed by atoms with Crippen molar-refractivity contribution in [3.05, 3.63) is 50.4 Å². The predicted octanol–water partition coefficient (Wildman–Crippen LogP) is 3.72. The van der Waals surface area contributed by atoms with E-state index in [1.54, 1.807) is 11.3 Å². The van der Waals surface area contributed by atoms with Crippen molar-refractivity contribution in [3.63, 3.8) is 0 Å². The fourth-order valence-corrected chi connectivity index (χ4v) is 3.01. The highest BCUT2D eigenvalue weighted by molar-refractivity contribution is 7.11. The van der Waals surface area contributed by atoms with Gasteiger partial charge < -0.3 is 5.73 Å². The molecule has 0 saturated heterocycles. The summed E-state index contributed by atoms with van der Waals surface area (Å²) in [5, 5.41) is 1.87. The predicted molar refractivity (Wildman–Crippen MR) is 73.7 cm³/mol. The van der Waals surface area contributed by atoms with Gasteiger partial charge in [-0.2, -0.15) is 0 Å². The maximum absolute atomic E-state index is 6.14. The van der Waals surface area contributed by atoms with Gasteiger partial charge in [-0.1, -0.05) is 29.8 Å². The van der Waals surface area contributed by atoms with Gasteiger partial charge in [0.25, 0.3) is 0 Å². The minimum absolute atomic E-state index is 0.0486. The maximum atomic E-state index is 6.14. The largest absolute Gasteiger partial charge is 0.323 e. The minimum Gasteiger partial charge on any atom is -0.323 e. The molecule has 1 aromatic carbocycles. The molecule has 0 aliphatic rings. The summed E-state index contributed by atoms with van der Waals surface area (Å²) < 4.78 is 0. The summed E-state index contributed by atoms with van der Waals surface area (Å²) in [6, 6.07) is 7.92. The molecule has 4 heteroatoms. The lowest BCUT2D eigenvalue weighted by Crippen LogP contribution is -2.03. The number of aryl methyl sites for hydroxylation is 1. The van der Waals surface area contributed by atoms with Crippen LogP contribution in [0.5, 0.6) is 0 Å². The Morgan fingerprint density at radius 1 is 1.41 bits per heavy atom. The van der Waals surface area contributed by atoms with Crippen LogP contribution in [-0.2, 0) is 6.42 Å². The van der Waals surface area contributed by atoms with Gasteiger partial charge >= 0.3 is 0 Å². The van der Waals surface area contributed by atoms with Crippen molar-refractivity contribution in [1.82, 2.24) is 4.98 Å². The van der Waals surface area contributed by atoms with Crippen LogP contribution < -0.4 is 5.73 Å². The topological polar surface area (TPSA) is 38.9 Å². The summed E-state index contributed by atoms with van der Waals surface area (Å²) in [4.78, 5) is 5.71. The van der Waals surface area contributed by atoms with Crippen LogP contribution in [0.1, 0.15) is 34.1 Å². The Labute approximate surface area is 110 Å². The maximum Gasteiger partial charge on any atom is 0.0975 e. The monoisotopic (exact) mass is 266 g/mol. The zero-order chi connectivity index (χ0) is 12.4. The molecule has 0 spiro atoms. The molecule has 2 nitrogen and oxygen atoms in total. The summed E-state index contributed by atoms with van der Waals surface area (Å²) in [6.07, 6.45) is 0.776. The molecule has 1 unspecified atom stereocenters. The first-order valence-electron chi connectivity index (χ1n) is 5.53. The van der Waals surface area contributed by atoms with Gasteiger partial charge in [-0.3, -0.25) is 0 Å². The van der Waals surface area contributed by atoms with Gasteiger partial charge in [0.05, 0.1) is 10.7 Å². The van der Waals surface area contributed by atoms with Crippen LogP contribution in [0.2, 0.25) is 5.02 Å². The van der Waals surface area contributed by atoms with Gasteiger partial charge in [0.15, 0.2) is 0 Å². The van der Waals surface area contributed by atoms with E-state index in [0.29, 0.717) is 0 Å². The molecule has 17 heavy (non-hydrogen) atoms. The third-order valence-corrected chi connectivity index (χ3v) is 4.32. The second-order valence-electron chi connectivity index (χ2n) is 4.11. The van der Waals surface area contributed by atoms with Crippen molar-refractivity contribution in [3.8, 4) is 0 Å². The number of aromatic nitrogens is 1. The highest BCUT2D eigenvalue weighted by Crippen LogP contribution is 2.26. The Hall–Kier alpha value is -0.900. The van der Waals surface area contributed by atoms with E-state index in [2.05, 4.69) is 4.98 Å². The van der Waals surface area contributed by atoms with E-state index in [1.165, 1.54) is 0 Å². The Morgan fingerprint density at radius 2 is 2.12 bits per heavy atom. The zero-order valence-electron chi connectivity index (χ0n) is 9.90. The van der Waals surface area contributed by atoms with E-state index >= 15 is 0 Å². The van der Waals surface area contributed by atoms with Crippen molar-refractivity contribution in [2.45, 2.75) is 26.3 Å². The van der Waals surface area contributed by atoms with Crippen LogP contribution in [0.15, 0.2) is 24.3 Å². The molecule has 0 aliphatic heterocycles. The smallest absolute Gasteiger partial charge is 0.0975 e. The number of hydrogen-bond donors (Lipinski definition) is 1. The zero-order valence-corrected chi connectivity index (χ0v) is 11.5. The number of halogens is 1. The minimum atomic E-state index is 0.0486. The molecule has 0 amide bonds. The first-order valence-corrected chi connectivity index (χ1v) is 6.72. The quantitative estimate of drug-likeness (QED) is 0.920. The molecule has 90 valence electrons. The van der Waals surface area contributed by atoms with Gasteiger partial charge in [0.2, 0.25) is 0 Å². The molecular weight excluding hydrogens is 252 g/mol. The van der Waals surface area contributed by atoms with Crippen LogP contribution in [0.3, 0.4) is 0 Å². The molecule has 0 saturated carbocycles. The summed E-state index contributed by atoms with van der Waals surface area (Å²) >= 11 is 7.81. The van der Waals surface area contributed by atoms with Gasteiger partial charge in [0.1, 0.15) is 0 Å². The Balaban J connectivity index is 2.25. The summed E-state index contributed by atoms with van der Waals surface area (Å²) in [5.74, 6) is 0. The highest BCUT2D eigenvalue weighted by Gasteiger charge is 2.12. The SMILES string of the molecule is Cc1nc(Cc2ccccc2Cl)sc1C(C)N. The molecular formula is C13H15ClN2S. The third-order valence-electron chi connectivity index (χ3n) is 2.59. The standard InChI is InChI=1S/C13H15ClN2S/c1-8(15)13-9(2)16-12(17-13)7-10-5-3-4-6-11(10)14/h3-6,8H,7,15H2,1-2H3. The van der Waals surface area contributed by atoms with Gasteiger partial charge in [-0.05, 0) is 25.5 Å². The molecule has 1 atom stereocenters. The highest BCUT2D eigenvalue weighted by atomic mass is 35.5. The van der Waals surface area contributed by atoms with Gasteiger partial charge in [-0.25, -0.2) is 4.98 Å². The Kier molecular flexibility index (Phi) is 3.82. The lowest BCUT2D eigenvalue weighted by Gasteiger charge is -2.01. The van der Waals surface area contributed by atoms with Crippen LogP contribution >= 0.6 is 22.9 Å². The normalized spacial score (nSPS) is 12.7. The second kappa shape index (κ2) is 5.17. The number of rotatable bonds is 3. The molecule has 2 rings (SSSR count). The molecule has 2 N–H and O–H groups in total. The van der Waals surface area contributed by atoms with Crippen molar-refractivity contribution >= 4 is 22.9 Å². The Morgan fingerprint density at radius 3 is 2.71 bits per heavy atom. The van der Waals surface area contributed by atoms with Crippen molar-refractivity contribution in [2.24, 2.45) is 5.73 Å². The molecule has 2 aromatic rings. The molecule has 0 bridgehead atoms. The third kappa shape index (κ3) is 2.86. The van der Waals surface area contributed by atoms with Gasteiger partial charge in [-0.15, -0.1) is 11.3 Å². The van der Waals surface area contributed by atoms with Crippen molar-refractivity contribution in [2.75, 3.05) is 0 Å². The summed E-state index contributed by atoms with van der Waals surface area (Å²) in [6.45, 7) is 3.99. The summed E-state index contributed by atoms with van der Waals surface area (Å²) in [5.41, 5.74) is 8.04. The first kappa shape index (κ1) is 12.6. The number of nitrogens with zero attached hydrogens (tertiary/aromatic N) is 1. The summed E-state index contributed by atoms with van der Waals surface area (Å²) in [7, 11) is 0. The average molecular weight is 267 g/mol. The molecule has 1 aromatic heterocycles. The van der Waals surface area contributed by atoms with E-state index in [0.717, 1.165) is 32.6 Å². The fraction of sp³-hybridized carbons (Fsp3) is 0.308. The van der Waals surface area contributed by atoms with Crippen LogP contribution in [-0.4, -0.2) is 4.98 Å².